The van der Waals surface area contributed by atoms with Crippen molar-refractivity contribution < 1.29 is 19.1 Å². The first-order chi connectivity index (χ1) is 17.2. The molecule has 2 aromatic carbocycles. The van der Waals surface area contributed by atoms with Crippen LogP contribution in [-0.2, 0) is 22.4 Å². The lowest BCUT2D eigenvalue weighted by atomic mass is 9.98. The second-order valence-electron chi connectivity index (χ2n) is 9.47. The maximum Gasteiger partial charge on any atom is 0.343 e. The summed E-state index contributed by atoms with van der Waals surface area (Å²) in [5.41, 5.74) is 3.00. The van der Waals surface area contributed by atoms with E-state index in [1.165, 1.54) is 6.20 Å². The van der Waals surface area contributed by atoms with E-state index in [1.54, 1.807) is 13.0 Å². The van der Waals surface area contributed by atoms with Crippen LogP contribution in [0.1, 0.15) is 79.6 Å². The molecular weight excluding hydrogens is 454 g/mol. The number of rotatable bonds is 10. The third-order valence-electron chi connectivity index (χ3n) is 5.36. The van der Waals surface area contributed by atoms with Crippen LogP contribution in [0.15, 0.2) is 54.7 Å². The van der Waals surface area contributed by atoms with Gasteiger partial charge in [-0.05, 0) is 56.9 Å². The van der Waals surface area contributed by atoms with Gasteiger partial charge < -0.3 is 14.8 Å². The summed E-state index contributed by atoms with van der Waals surface area (Å²) >= 11 is 0. The highest BCUT2D eigenvalue weighted by molar-refractivity contribution is 5.97. The van der Waals surface area contributed by atoms with Crippen molar-refractivity contribution in [1.82, 2.24) is 9.97 Å². The van der Waals surface area contributed by atoms with Crippen LogP contribution in [0.3, 0.4) is 0 Å². The van der Waals surface area contributed by atoms with Crippen LogP contribution in [0, 0.1) is 0 Å². The van der Waals surface area contributed by atoms with E-state index in [-0.39, 0.29) is 12.6 Å². The molecule has 0 atom stereocenters. The van der Waals surface area contributed by atoms with E-state index < -0.39 is 11.6 Å². The van der Waals surface area contributed by atoms with Gasteiger partial charge in [0.1, 0.15) is 22.8 Å². The number of ether oxygens (including phenoxy) is 2. The first-order valence-electron chi connectivity index (χ1n) is 12.4. The number of aryl methyl sites for hydroxylation is 1. The Kier molecular flexibility index (Phi) is 9.17. The molecule has 3 aromatic rings. The summed E-state index contributed by atoms with van der Waals surface area (Å²) in [5, 5.41) is 3.27. The van der Waals surface area contributed by atoms with Crippen LogP contribution in [0.5, 0.6) is 0 Å². The molecule has 3 rings (SSSR count). The number of carbonyl (C=O) groups excluding carboxylic acids is 2. The third-order valence-corrected chi connectivity index (χ3v) is 5.36. The number of anilines is 1. The predicted molar refractivity (Wildman–Crippen MR) is 141 cm³/mol. The number of carbonyl (C=O) groups is 2. The van der Waals surface area contributed by atoms with Gasteiger partial charge in [-0.15, -0.1) is 0 Å². The highest BCUT2D eigenvalue weighted by Crippen LogP contribution is 2.26. The summed E-state index contributed by atoms with van der Waals surface area (Å²) in [4.78, 5) is 34.0. The molecule has 0 bridgehead atoms. The molecule has 1 heterocycles. The van der Waals surface area contributed by atoms with Crippen molar-refractivity contribution in [2.75, 3.05) is 11.9 Å². The normalized spacial score (nSPS) is 11.1. The summed E-state index contributed by atoms with van der Waals surface area (Å²) in [6.07, 6.45) is 4.30. The van der Waals surface area contributed by atoms with Gasteiger partial charge in [0.25, 0.3) is 0 Å². The number of esters is 2. The Balaban J connectivity index is 1.78. The Labute approximate surface area is 213 Å². The Bertz CT molecular complexity index is 1180. The van der Waals surface area contributed by atoms with Crippen LogP contribution >= 0.6 is 0 Å². The largest absolute Gasteiger partial charge is 0.462 e. The van der Waals surface area contributed by atoms with Crippen LogP contribution < -0.4 is 5.32 Å². The predicted octanol–water partition coefficient (Wildman–Crippen LogP) is 6.23. The van der Waals surface area contributed by atoms with Gasteiger partial charge in [0.15, 0.2) is 0 Å². The number of aromatic nitrogens is 2. The molecular formula is C29H35N3O4. The van der Waals surface area contributed by atoms with Crippen molar-refractivity contribution in [3.8, 4) is 11.1 Å². The molecule has 7 nitrogen and oxygen atoms in total. The average molecular weight is 490 g/mol. The number of benzene rings is 2. The molecule has 0 saturated carbocycles. The molecule has 0 spiro atoms. The molecule has 0 saturated heterocycles. The molecule has 7 heteroatoms. The van der Waals surface area contributed by atoms with E-state index in [9.17, 15) is 9.59 Å². The van der Waals surface area contributed by atoms with Crippen LogP contribution in [0.25, 0.3) is 11.1 Å². The molecule has 0 aliphatic carbocycles. The zero-order chi connectivity index (χ0) is 26.1. The smallest absolute Gasteiger partial charge is 0.343 e. The van der Waals surface area contributed by atoms with Crippen molar-refractivity contribution in [3.63, 3.8) is 0 Å². The summed E-state index contributed by atoms with van der Waals surface area (Å²) < 4.78 is 10.8. The second-order valence-corrected chi connectivity index (χ2v) is 9.47. The van der Waals surface area contributed by atoms with Gasteiger partial charge in [0.05, 0.1) is 12.2 Å². The summed E-state index contributed by atoms with van der Waals surface area (Å²) in [6.45, 7) is 10.2. The SMILES string of the molecule is CCCCc1ncc(C(=O)OCC)c(NCc2ccc(-c3ccccc3C(=O)OC(C)(C)C)cc2)n1. The van der Waals surface area contributed by atoms with E-state index in [1.807, 2.05) is 63.2 Å². The molecule has 0 aliphatic rings. The molecule has 0 unspecified atom stereocenters. The van der Waals surface area contributed by atoms with Gasteiger partial charge in [-0.2, -0.15) is 0 Å². The van der Waals surface area contributed by atoms with Crippen molar-refractivity contribution in [2.24, 2.45) is 0 Å². The van der Waals surface area contributed by atoms with Crippen LogP contribution in [0.4, 0.5) is 5.82 Å². The Morgan fingerprint density at radius 1 is 0.944 bits per heavy atom. The van der Waals surface area contributed by atoms with Crippen molar-refractivity contribution in [2.45, 2.75) is 66.0 Å². The number of hydrogen-bond acceptors (Lipinski definition) is 7. The van der Waals surface area contributed by atoms with Crippen LogP contribution in [-0.4, -0.2) is 34.1 Å². The lowest BCUT2D eigenvalue weighted by Gasteiger charge is -2.20. The maximum atomic E-state index is 12.7. The maximum absolute atomic E-state index is 12.7. The van der Waals surface area contributed by atoms with Crippen molar-refractivity contribution in [3.05, 3.63) is 77.2 Å². The molecule has 0 amide bonds. The summed E-state index contributed by atoms with van der Waals surface area (Å²) in [6, 6.07) is 15.3. The summed E-state index contributed by atoms with van der Waals surface area (Å²) in [5.74, 6) is 0.365. The molecule has 1 aromatic heterocycles. The van der Waals surface area contributed by atoms with Crippen molar-refractivity contribution >= 4 is 17.8 Å². The lowest BCUT2D eigenvalue weighted by Crippen LogP contribution is -2.24. The number of nitrogens with one attached hydrogen (secondary N) is 1. The number of hydrogen-bond donors (Lipinski definition) is 1. The van der Waals surface area contributed by atoms with E-state index in [2.05, 4.69) is 22.2 Å². The minimum Gasteiger partial charge on any atom is -0.462 e. The van der Waals surface area contributed by atoms with E-state index in [4.69, 9.17) is 9.47 Å². The first kappa shape index (κ1) is 26.9. The van der Waals surface area contributed by atoms with Gasteiger partial charge >= 0.3 is 11.9 Å². The Hall–Kier alpha value is -3.74. The van der Waals surface area contributed by atoms with Gasteiger partial charge in [-0.1, -0.05) is 55.8 Å². The Morgan fingerprint density at radius 3 is 2.33 bits per heavy atom. The third kappa shape index (κ3) is 7.38. The van der Waals surface area contributed by atoms with Gasteiger partial charge in [0, 0.05) is 19.2 Å². The monoisotopic (exact) mass is 489 g/mol. The van der Waals surface area contributed by atoms with E-state index >= 15 is 0 Å². The highest BCUT2D eigenvalue weighted by atomic mass is 16.6. The number of unbranched alkanes of at least 4 members (excludes halogenated alkanes) is 1. The topological polar surface area (TPSA) is 90.4 Å². The Morgan fingerprint density at radius 2 is 1.67 bits per heavy atom. The fraction of sp³-hybridized carbons (Fsp3) is 0.379. The van der Waals surface area contributed by atoms with Gasteiger partial charge in [0.2, 0.25) is 0 Å². The molecule has 0 fully saturated rings. The zero-order valence-electron chi connectivity index (χ0n) is 21.8. The molecule has 0 radical (unpaired) electrons. The van der Waals surface area contributed by atoms with Crippen LogP contribution in [0.2, 0.25) is 0 Å². The van der Waals surface area contributed by atoms with Gasteiger partial charge in [-0.3, -0.25) is 0 Å². The second kappa shape index (κ2) is 12.3. The average Bonchev–Trinajstić information content (AvgIpc) is 2.85. The number of nitrogens with zero attached hydrogens (tertiary/aromatic N) is 2. The molecule has 1 N–H and O–H groups in total. The molecule has 36 heavy (non-hydrogen) atoms. The minimum absolute atomic E-state index is 0.280. The van der Waals surface area contributed by atoms with E-state index in [0.29, 0.717) is 29.3 Å². The fourth-order valence-electron chi connectivity index (χ4n) is 3.60. The fourth-order valence-corrected chi connectivity index (χ4v) is 3.60. The summed E-state index contributed by atoms with van der Waals surface area (Å²) in [7, 11) is 0. The minimum atomic E-state index is -0.570. The lowest BCUT2D eigenvalue weighted by molar-refractivity contribution is 0.00702. The molecule has 190 valence electrons. The standard InChI is InChI=1S/C29H35N3O4/c1-6-8-13-25-30-19-24(27(33)35-7-2)26(32-25)31-18-20-14-16-21(17-15-20)22-11-9-10-12-23(22)28(34)36-29(3,4)5/h9-12,14-17,19H,6-8,13,18H2,1-5H3,(H,30,31,32). The molecule has 0 aliphatic heterocycles. The van der Waals surface area contributed by atoms with Gasteiger partial charge in [-0.25, -0.2) is 19.6 Å². The highest BCUT2D eigenvalue weighted by Gasteiger charge is 2.21. The van der Waals surface area contributed by atoms with Crippen molar-refractivity contribution in [1.29, 1.82) is 0 Å². The van der Waals surface area contributed by atoms with E-state index in [0.717, 1.165) is 36.0 Å². The first-order valence-corrected chi connectivity index (χ1v) is 12.4. The zero-order valence-corrected chi connectivity index (χ0v) is 21.8. The quantitative estimate of drug-likeness (QED) is 0.338.